The zero-order chi connectivity index (χ0) is 13.8. The van der Waals surface area contributed by atoms with Gasteiger partial charge in [0.25, 0.3) is 0 Å². The van der Waals surface area contributed by atoms with Crippen LogP contribution in [-0.4, -0.2) is 23.1 Å². The fraction of sp³-hybridized carbons (Fsp3) is 0.533. The third kappa shape index (κ3) is 3.96. The maximum absolute atomic E-state index is 11.9. The molecule has 0 spiro atoms. The first-order chi connectivity index (χ1) is 9.10. The Balaban J connectivity index is 1.78. The first-order valence-corrected chi connectivity index (χ1v) is 6.94. The summed E-state index contributed by atoms with van der Waals surface area (Å²) in [6.07, 6.45) is 3.93. The van der Waals surface area contributed by atoms with Crippen LogP contribution in [0.25, 0.3) is 0 Å². The average molecular weight is 262 g/mol. The first kappa shape index (κ1) is 13.9. The van der Waals surface area contributed by atoms with Gasteiger partial charge >= 0.3 is 0 Å². The van der Waals surface area contributed by atoms with E-state index in [0.29, 0.717) is 18.4 Å². The van der Waals surface area contributed by atoms with Crippen molar-refractivity contribution in [2.75, 3.05) is 0 Å². The zero-order valence-corrected chi connectivity index (χ0v) is 11.3. The highest BCUT2D eigenvalue weighted by Crippen LogP contribution is 2.34. The molecular formula is C15H22N2O2. The van der Waals surface area contributed by atoms with E-state index in [0.717, 1.165) is 18.4 Å². The molecule has 1 aliphatic carbocycles. The quantitative estimate of drug-likeness (QED) is 0.728. The molecule has 1 aliphatic rings. The lowest BCUT2D eigenvalue weighted by Crippen LogP contribution is -2.43. The van der Waals surface area contributed by atoms with Crippen molar-refractivity contribution in [1.29, 1.82) is 0 Å². The molecule has 0 aromatic heterocycles. The molecule has 0 heterocycles. The molecule has 4 heteroatoms. The van der Waals surface area contributed by atoms with Crippen LogP contribution in [0, 0.1) is 5.92 Å². The normalized spacial score (nSPS) is 22.8. The maximum Gasteiger partial charge on any atom is 0.237 e. The molecule has 1 saturated carbocycles. The standard InChI is InChI=1S/C15H22N2O2/c1-2-3-11-9-14(11)17-15(19)13(16)8-10-4-6-12(18)7-5-10/h4-7,11,13-14,18H,2-3,8-9,16H2,1H3,(H,17,19). The smallest absolute Gasteiger partial charge is 0.237 e. The van der Waals surface area contributed by atoms with E-state index in [2.05, 4.69) is 12.2 Å². The number of carbonyl (C=O) groups excluding carboxylic acids is 1. The number of phenols is 1. The third-order valence-corrected chi connectivity index (χ3v) is 3.64. The van der Waals surface area contributed by atoms with Crippen LogP contribution in [0.15, 0.2) is 24.3 Å². The fourth-order valence-electron chi connectivity index (χ4n) is 2.38. The minimum absolute atomic E-state index is 0.0725. The zero-order valence-electron chi connectivity index (χ0n) is 11.3. The molecule has 19 heavy (non-hydrogen) atoms. The van der Waals surface area contributed by atoms with E-state index in [4.69, 9.17) is 5.73 Å². The highest BCUT2D eigenvalue weighted by atomic mass is 16.3. The summed E-state index contributed by atoms with van der Waals surface area (Å²) in [5, 5.41) is 12.2. The van der Waals surface area contributed by atoms with Gasteiger partial charge in [0.15, 0.2) is 0 Å². The van der Waals surface area contributed by atoms with Crippen LogP contribution in [0.3, 0.4) is 0 Å². The molecule has 4 nitrogen and oxygen atoms in total. The minimum atomic E-state index is -0.521. The molecular weight excluding hydrogens is 240 g/mol. The van der Waals surface area contributed by atoms with Crippen molar-refractivity contribution < 1.29 is 9.90 Å². The summed E-state index contributed by atoms with van der Waals surface area (Å²) in [5.41, 5.74) is 6.87. The van der Waals surface area contributed by atoms with Crippen LogP contribution in [0.2, 0.25) is 0 Å². The van der Waals surface area contributed by atoms with Gasteiger partial charge in [-0.05, 0) is 42.9 Å². The number of phenolic OH excluding ortho intramolecular Hbond substituents is 1. The van der Waals surface area contributed by atoms with E-state index >= 15 is 0 Å². The molecule has 2 rings (SSSR count). The minimum Gasteiger partial charge on any atom is -0.508 e. The number of rotatable bonds is 6. The summed E-state index contributed by atoms with van der Waals surface area (Å²) in [6.45, 7) is 2.16. The predicted molar refractivity (Wildman–Crippen MR) is 74.7 cm³/mol. The molecule has 3 unspecified atom stereocenters. The monoisotopic (exact) mass is 262 g/mol. The molecule has 1 fully saturated rings. The molecule has 4 N–H and O–H groups in total. The van der Waals surface area contributed by atoms with Gasteiger partial charge in [0.05, 0.1) is 6.04 Å². The van der Waals surface area contributed by atoms with Crippen LogP contribution < -0.4 is 11.1 Å². The molecule has 0 saturated heterocycles. The van der Waals surface area contributed by atoms with E-state index in [1.807, 2.05) is 0 Å². The Morgan fingerprint density at radius 2 is 2.16 bits per heavy atom. The van der Waals surface area contributed by atoms with E-state index in [-0.39, 0.29) is 11.7 Å². The lowest BCUT2D eigenvalue weighted by Gasteiger charge is -2.12. The van der Waals surface area contributed by atoms with Crippen molar-refractivity contribution in [2.24, 2.45) is 11.7 Å². The summed E-state index contributed by atoms with van der Waals surface area (Å²) in [6, 6.07) is 6.61. The fourth-order valence-corrected chi connectivity index (χ4v) is 2.38. The van der Waals surface area contributed by atoms with E-state index in [1.54, 1.807) is 24.3 Å². The topological polar surface area (TPSA) is 75.4 Å². The Labute approximate surface area is 114 Å². The molecule has 3 atom stereocenters. The van der Waals surface area contributed by atoms with Crippen LogP contribution in [0.4, 0.5) is 0 Å². The molecule has 0 aliphatic heterocycles. The number of hydrogen-bond donors (Lipinski definition) is 3. The number of benzene rings is 1. The lowest BCUT2D eigenvalue weighted by atomic mass is 10.1. The Kier molecular flexibility index (Phi) is 4.43. The number of amides is 1. The molecule has 0 bridgehead atoms. The maximum atomic E-state index is 11.9. The van der Waals surface area contributed by atoms with Crippen LogP contribution in [-0.2, 0) is 11.2 Å². The largest absolute Gasteiger partial charge is 0.508 e. The SMILES string of the molecule is CCCC1CC1NC(=O)C(N)Cc1ccc(O)cc1. The van der Waals surface area contributed by atoms with Gasteiger partial charge in [-0.25, -0.2) is 0 Å². The average Bonchev–Trinajstić information content (AvgIpc) is 3.10. The summed E-state index contributed by atoms with van der Waals surface area (Å²) >= 11 is 0. The number of nitrogens with one attached hydrogen (secondary N) is 1. The van der Waals surface area contributed by atoms with Gasteiger partial charge in [0.1, 0.15) is 5.75 Å². The molecule has 1 aromatic rings. The van der Waals surface area contributed by atoms with E-state index in [9.17, 15) is 9.90 Å². The molecule has 104 valence electrons. The second kappa shape index (κ2) is 6.06. The Bertz CT molecular complexity index is 430. The highest BCUT2D eigenvalue weighted by Gasteiger charge is 2.37. The molecule has 1 amide bonds. The summed E-state index contributed by atoms with van der Waals surface area (Å²) in [5.74, 6) is 0.800. The number of carbonyl (C=O) groups is 1. The van der Waals surface area contributed by atoms with Crippen LogP contribution in [0.1, 0.15) is 31.7 Å². The summed E-state index contributed by atoms with van der Waals surface area (Å²) in [4.78, 5) is 11.9. The Hall–Kier alpha value is -1.55. The van der Waals surface area contributed by atoms with Crippen molar-refractivity contribution in [1.82, 2.24) is 5.32 Å². The van der Waals surface area contributed by atoms with Crippen molar-refractivity contribution in [2.45, 2.75) is 44.7 Å². The predicted octanol–water partition coefficient (Wildman–Crippen LogP) is 1.57. The summed E-state index contributed by atoms with van der Waals surface area (Å²) < 4.78 is 0. The number of hydrogen-bond acceptors (Lipinski definition) is 3. The Morgan fingerprint density at radius 3 is 2.79 bits per heavy atom. The van der Waals surface area contributed by atoms with Gasteiger partial charge in [-0.3, -0.25) is 4.79 Å². The van der Waals surface area contributed by atoms with Crippen molar-refractivity contribution in [3.05, 3.63) is 29.8 Å². The highest BCUT2D eigenvalue weighted by molar-refractivity contribution is 5.82. The van der Waals surface area contributed by atoms with Crippen LogP contribution in [0.5, 0.6) is 5.75 Å². The second-order valence-electron chi connectivity index (χ2n) is 5.38. The van der Waals surface area contributed by atoms with Gasteiger partial charge < -0.3 is 16.2 Å². The third-order valence-electron chi connectivity index (χ3n) is 3.64. The lowest BCUT2D eigenvalue weighted by molar-refractivity contribution is -0.122. The van der Waals surface area contributed by atoms with Crippen LogP contribution >= 0.6 is 0 Å². The van der Waals surface area contributed by atoms with Gasteiger partial charge in [-0.2, -0.15) is 0 Å². The van der Waals surface area contributed by atoms with Gasteiger partial charge in [-0.1, -0.05) is 25.5 Å². The van der Waals surface area contributed by atoms with Crippen molar-refractivity contribution in [3.8, 4) is 5.75 Å². The van der Waals surface area contributed by atoms with Crippen molar-refractivity contribution >= 4 is 5.91 Å². The van der Waals surface area contributed by atoms with E-state index in [1.165, 1.54) is 6.42 Å². The van der Waals surface area contributed by atoms with Gasteiger partial charge in [0, 0.05) is 6.04 Å². The summed E-state index contributed by atoms with van der Waals surface area (Å²) in [7, 11) is 0. The van der Waals surface area contributed by atoms with Crippen molar-refractivity contribution in [3.63, 3.8) is 0 Å². The van der Waals surface area contributed by atoms with Gasteiger partial charge in [-0.15, -0.1) is 0 Å². The molecule has 1 aromatic carbocycles. The van der Waals surface area contributed by atoms with E-state index < -0.39 is 6.04 Å². The number of nitrogens with two attached hydrogens (primary N) is 1. The Morgan fingerprint density at radius 1 is 1.47 bits per heavy atom. The second-order valence-corrected chi connectivity index (χ2v) is 5.38. The molecule has 0 radical (unpaired) electrons. The number of aromatic hydroxyl groups is 1. The first-order valence-electron chi connectivity index (χ1n) is 6.94. The van der Waals surface area contributed by atoms with Gasteiger partial charge in [0.2, 0.25) is 5.91 Å².